The largest absolute Gasteiger partial charge is 0.493 e. The van der Waals surface area contributed by atoms with E-state index in [1.165, 1.54) is 0 Å². The molecule has 0 unspecified atom stereocenters. The van der Waals surface area contributed by atoms with Crippen LogP contribution in [0.5, 0.6) is 5.75 Å². The Morgan fingerprint density at radius 2 is 1.86 bits per heavy atom. The predicted molar refractivity (Wildman–Crippen MR) is 105 cm³/mol. The lowest BCUT2D eigenvalue weighted by molar-refractivity contribution is -0.141. The lowest BCUT2D eigenvalue weighted by Crippen LogP contribution is -2.29. The Labute approximate surface area is 164 Å². The summed E-state index contributed by atoms with van der Waals surface area (Å²) in [6.45, 7) is 1.71. The van der Waals surface area contributed by atoms with Crippen molar-refractivity contribution in [2.24, 2.45) is 5.92 Å². The third-order valence-electron chi connectivity index (χ3n) is 4.99. The van der Waals surface area contributed by atoms with E-state index in [2.05, 4.69) is 0 Å². The topological polar surface area (TPSA) is 76.1 Å². The molecule has 2 atom stereocenters. The van der Waals surface area contributed by atoms with Gasteiger partial charge in [-0.1, -0.05) is 36.4 Å². The van der Waals surface area contributed by atoms with Gasteiger partial charge in [-0.3, -0.25) is 9.59 Å². The molecular weight excluding hydrogens is 358 g/mol. The number of carbonyl (C=O) groups excluding carboxylic acids is 1. The van der Waals surface area contributed by atoms with Gasteiger partial charge in [-0.25, -0.2) is 0 Å². The van der Waals surface area contributed by atoms with Gasteiger partial charge >= 0.3 is 5.97 Å². The van der Waals surface area contributed by atoms with Crippen molar-refractivity contribution in [2.45, 2.75) is 12.3 Å². The van der Waals surface area contributed by atoms with Gasteiger partial charge in [-0.15, -0.1) is 0 Å². The normalized spacial score (nSPS) is 18.8. The van der Waals surface area contributed by atoms with Crippen molar-refractivity contribution in [3.8, 4) is 5.75 Å². The number of ether oxygens (including phenoxy) is 2. The van der Waals surface area contributed by atoms with Crippen LogP contribution in [0.2, 0.25) is 0 Å². The number of amides is 1. The summed E-state index contributed by atoms with van der Waals surface area (Å²) in [7, 11) is 1.64. The van der Waals surface area contributed by atoms with Gasteiger partial charge in [-0.2, -0.15) is 0 Å². The maximum absolute atomic E-state index is 13.0. The number of aliphatic carboxylic acids is 1. The number of nitrogens with zero attached hydrogens (tertiary/aromatic N) is 1. The molecule has 0 spiro atoms. The number of benzene rings is 2. The van der Waals surface area contributed by atoms with Crippen molar-refractivity contribution in [1.82, 2.24) is 4.90 Å². The fourth-order valence-electron chi connectivity index (χ4n) is 3.55. The first-order chi connectivity index (χ1) is 13.6. The zero-order chi connectivity index (χ0) is 19.9. The van der Waals surface area contributed by atoms with E-state index in [0.29, 0.717) is 31.1 Å². The van der Waals surface area contributed by atoms with Crippen LogP contribution in [0.15, 0.2) is 54.6 Å². The quantitative estimate of drug-likeness (QED) is 0.709. The van der Waals surface area contributed by atoms with E-state index in [4.69, 9.17) is 9.47 Å². The summed E-state index contributed by atoms with van der Waals surface area (Å²) < 4.78 is 10.7. The summed E-state index contributed by atoms with van der Waals surface area (Å²) in [5.74, 6) is -1.25. The Kier molecular flexibility index (Phi) is 6.66. The number of rotatable bonds is 8. The molecular formula is C22H25NO5. The van der Waals surface area contributed by atoms with Gasteiger partial charge < -0.3 is 19.5 Å². The molecule has 1 saturated heterocycles. The summed E-state index contributed by atoms with van der Waals surface area (Å²) in [5, 5.41) is 9.63. The second kappa shape index (κ2) is 9.37. The molecule has 28 heavy (non-hydrogen) atoms. The van der Waals surface area contributed by atoms with E-state index < -0.39 is 11.9 Å². The van der Waals surface area contributed by atoms with Crippen molar-refractivity contribution in [3.63, 3.8) is 0 Å². The molecule has 1 heterocycles. The highest BCUT2D eigenvalue weighted by molar-refractivity contribution is 5.95. The molecule has 1 amide bonds. The van der Waals surface area contributed by atoms with Gasteiger partial charge in [0.1, 0.15) is 5.75 Å². The number of methoxy groups -OCH3 is 1. The first-order valence-electron chi connectivity index (χ1n) is 9.39. The predicted octanol–water partition coefficient (Wildman–Crippen LogP) is 3.04. The van der Waals surface area contributed by atoms with Crippen LogP contribution in [0.25, 0.3) is 0 Å². The molecule has 2 aromatic rings. The van der Waals surface area contributed by atoms with Gasteiger partial charge in [0.25, 0.3) is 5.91 Å². The van der Waals surface area contributed by atoms with Crippen LogP contribution in [-0.2, 0) is 9.53 Å². The number of hydrogen-bond donors (Lipinski definition) is 1. The minimum absolute atomic E-state index is 0.174. The number of carbonyl (C=O) groups is 2. The standard InChI is InChI=1S/C22H25NO5/c1-27-11-6-12-28-18-10-5-9-17(13-18)21(24)23-14-19(20(15-23)22(25)26)16-7-3-2-4-8-16/h2-5,7-10,13,19-20H,6,11-12,14-15H2,1H3,(H,25,26)/t19-,20-/m0/s1. The highest BCUT2D eigenvalue weighted by Gasteiger charge is 2.40. The second-order valence-corrected chi connectivity index (χ2v) is 6.89. The maximum atomic E-state index is 13.0. The van der Waals surface area contributed by atoms with Crippen molar-refractivity contribution in [3.05, 3.63) is 65.7 Å². The molecule has 1 aliphatic rings. The van der Waals surface area contributed by atoms with Crippen LogP contribution < -0.4 is 4.74 Å². The maximum Gasteiger partial charge on any atom is 0.308 e. The van der Waals surface area contributed by atoms with Crippen molar-refractivity contribution in [1.29, 1.82) is 0 Å². The molecule has 1 N–H and O–H groups in total. The highest BCUT2D eigenvalue weighted by atomic mass is 16.5. The van der Waals surface area contributed by atoms with E-state index in [-0.39, 0.29) is 18.4 Å². The average molecular weight is 383 g/mol. The Bertz CT molecular complexity index is 808. The number of likely N-dealkylation sites (tertiary alicyclic amines) is 1. The summed E-state index contributed by atoms with van der Waals surface area (Å²) in [6.07, 6.45) is 0.764. The van der Waals surface area contributed by atoms with Gasteiger partial charge in [0, 0.05) is 44.7 Å². The fourth-order valence-corrected chi connectivity index (χ4v) is 3.55. The Hall–Kier alpha value is -2.86. The minimum Gasteiger partial charge on any atom is -0.493 e. The van der Waals surface area contributed by atoms with Gasteiger partial charge in [0.2, 0.25) is 0 Å². The van der Waals surface area contributed by atoms with E-state index >= 15 is 0 Å². The van der Waals surface area contributed by atoms with Crippen LogP contribution in [0.4, 0.5) is 0 Å². The van der Waals surface area contributed by atoms with E-state index in [1.54, 1.807) is 36.3 Å². The lowest BCUT2D eigenvalue weighted by atomic mass is 9.89. The molecule has 1 aliphatic heterocycles. The molecule has 0 bridgehead atoms. The van der Waals surface area contributed by atoms with Crippen LogP contribution in [0, 0.1) is 5.92 Å². The smallest absolute Gasteiger partial charge is 0.308 e. The van der Waals surface area contributed by atoms with Crippen LogP contribution in [0.1, 0.15) is 28.3 Å². The summed E-state index contributed by atoms with van der Waals surface area (Å²) >= 11 is 0. The molecule has 3 rings (SSSR count). The Morgan fingerprint density at radius 1 is 1.07 bits per heavy atom. The molecule has 0 radical (unpaired) electrons. The molecule has 148 valence electrons. The van der Waals surface area contributed by atoms with Gasteiger partial charge in [0.15, 0.2) is 0 Å². The fraction of sp³-hybridized carbons (Fsp3) is 0.364. The van der Waals surface area contributed by atoms with E-state index in [9.17, 15) is 14.7 Å². The van der Waals surface area contributed by atoms with E-state index in [0.717, 1.165) is 12.0 Å². The first kappa shape index (κ1) is 19.9. The van der Waals surface area contributed by atoms with Crippen molar-refractivity contribution < 1.29 is 24.2 Å². The molecule has 0 aliphatic carbocycles. The van der Waals surface area contributed by atoms with E-state index in [1.807, 2.05) is 30.3 Å². The third-order valence-corrected chi connectivity index (χ3v) is 4.99. The molecule has 6 nitrogen and oxygen atoms in total. The minimum atomic E-state index is -0.876. The first-order valence-corrected chi connectivity index (χ1v) is 9.39. The molecule has 1 fully saturated rings. The highest BCUT2D eigenvalue weighted by Crippen LogP contribution is 2.33. The molecule has 0 aromatic heterocycles. The molecule has 0 saturated carbocycles. The lowest BCUT2D eigenvalue weighted by Gasteiger charge is -2.17. The summed E-state index contributed by atoms with van der Waals surface area (Å²) in [6, 6.07) is 16.5. The van der Waals surface area contributed by atoms with Crippen LogP contribution >= 0.6 is 0 Å². The van der Waals surface area contributed by atoms with Gasteiger partial charge in [-0.05, 0) is 23.8 Å². The van der Waals surface area contributed by atoms with Crippen LogP contribution in [-0.4, -0.2) is 55.3 Å². The third kappa shape index (κ3) is 4.70. The Balaban J connectivity index is 1.71. The zero-order valence-electron chi connectivity index (χ0n) is 15.9. The summed E-state index contributed by atoms with van der Waals surface area (Å²) in [5.41, 5.74) is 1.45. The summed E-state index contributed by atoms with van der Waals surface area (Å²) in [4.78, 5) is 26.4. The van der Waals surface area contributed by atoms with Gasteiger partial charge in [0.05, 0.1) is 12.5 Å². The molecule has 2 aromatic carbocycles. The number of carboxylic acid groups (broad SMARTS) is 1. The van der Waals surface area contributed by atoms with Crippen LogP contribution in [0.3, 0.4) is 0 Å². The second-order valence-electron chi connectivity index (χ2n) is 6.89. The Morgan fingerprint density at radius 3 is 2.57 bits per heavy atom. The number of hydrogen-bond acceptors (Lipinski definition) is 4. The zero-order valence-corrected chi connectivity index (χ0v) is 15.9. The van der Waals surface area contributed by atoms with Crippen molar-refractivity contribution >= 4 is 11.9 Å². The monoisotopic (exact) mass is 383 g/mol. The SMILES string of the molecule is COCCCOc1cccc(C(=O)N2C[C@H](C(=O)O)[C@H](c3ccccc3)C2)c1. The average Bonchev–Trinajstić information content (AvgIpc) is 3.17. The number of carboxylic acids is 1. The molecule has 6 heteroatoms. The van der Waals surface area contributed by atoms with Crippen molar-refractivity contribution in [2.75, 3.05) is 33.4 Å².